The van der Waals surface area contributed by atoms with E-state index < -0.39 is 0 Å². The van der Waals surface area contributed by atoms with E-state index in [-0.39, 0.29) is 11.6 Å². The van der Waals surface area contributed by atoms with E-state index in [9.17, 15) is 4.79 Å². The van der Waals surface area contributed by atoms with E-state index in [1.165, 1.54) is 18.7 Å². The molecule has 2 heterocycles. The van der Waals surface area contributed by atoms with Gasteiger partial charge in [0, 0.05) is 12.6 Å². The summed E-state index contributed by atoms with van der Waals surface area (Å²) in [6.07, 6.45) is 4.27. The highest BCUT2D eigenvalue weighted by Gasteiger charge is 2.09. The first kappa shape index (κ1) is 11.1. The summed E-state index contributed by atoms with van der Waals surface area (Å²) in [6, 6.07) is 1.54. The smallest absolute Gasteiger partial charge is 0.277 e. The van der Waals surface area contributed by atoms with Crippen molar-refractivity contribution >= 4 is 17.5 Å². The summed E-state index contributed by atoms with van der Waals surface area (Å²) in [5.74, 6) is 0.590. The van der Waals surface area contributed by atoms with E-state index >= 15 is 0 Å². The van der Waals surface area contributed by atoms with E-state index in [4.69, 9.17) is 0 Å². The predicted octanol–water partition coefficient (Wildman–Crippen LogP) is 1.15. The second-order valence-corrected chi connectivity index (χ2v) is 3.16. The van der Waals surface area contributed by atoms with Crippen molar-refractivity contribution in [3.63, 3.8) is 0 Å². The van der Waals surface area contributed by atoms with Crippen LogP contribution < -0.4 is 10.6 Å². The van der Waals surface area contributed by atoms with Crippen LogP contribution in [0.2, 0.25) is 0 Å². The Morgan fingerprint density at radius 3 is 2.82 bits per heavy atom. The summed E-state index contributed by atoms with van der Waals surface area (Å²) in [5.41, 5.74) is 0.217. The van der Waals surface area contributed by atoms with Crippen molar-refractivity contribution in [2.75, 3.05) is 17.2 Å². The average Bonchev–Trinajstić information content (AvgIpc) is 2.83. The van der Waals surface area contributed by atoms with E-state index in [0.29, 0.717) is 11.6 Å². The Bertz CT molecular complexity index is 480. The molecule has 0 saturated carbocycles. The van der Waals surface area contributed by atoms with Gasteiger partial charge in [-0.25, -0.2) is 9.97 Å². The van der Waals surface area contributed by atoms with Crippen LogP contribution in [-0.4, -0.2) is 27.6 Å². The number of hydrogen-bond donors (Lipinski definition) is 2. The molecule has 2 rings (SSSR count). The molecular weight excluding hydrogens is 222 g/mol. The van der Waals surface area contributed by atoms with Crippen LogP contribution in [0.25, 0.3) is 0 Å². The molecular formula is C10H11N5O2. The lowest BCUT2D eigenvalue weighted by Crippen LogP contribution is -2.14. The summed E-state index contributed by atoms with van der Waals surface area (Å²) in [7, 11) is 0. The van der Waals surface area contributed by atoms with Crippen molar-refractivity contribution in [3.05, 3.63) is 30.4 Å². The topological polar surface area (TPSA) is 92.9 Å². The molecule has 0 spiro atoms. The average molecular weight is 233 g/mol. The minimum absolute atomic E-state index is 0.217. The van der Waals surface area contributed by atoms with Gasteiger partial charge < -0.3 is 15.2 Å². The molecule has 0 aliphatic heterocycles. The molecule has 2 aromatic rings. The van der Waals surface area contributed by atoms with Gasteiger partial charge >= 0.3 is 0 Å². The van der Waals surface area contributed by atoms with Gasteiger partial charge in [0.15, 0.2) is 5.82 Å². The molecule has 0 aliphatic carbocycles. The Morgan fingerprint density at radius 2 is 2.24 bits per heavy atom. The molecule has 0 bridgehead atoms. The fraction of sp³-hybridized carbons (Fsp3) is 0.200. The minimum atomic E-state index is -0.380. The lowest BCUT2D eigenvalue weighted by Gasteiger charge is -2.03. The Labute approximate surface area is 97.2 Å². The van der Waals surface area contributed by atoms with Crippen LogP contribution in [0.4, 0.5) is 11.6 Å². The normalized spacial score (nSPS) is 9.94. The SMILES string of the molecule is CCNc1cnc(C(=O)Nc2ccon2)cn1. The number of hydrogen-bond acceptors (Lipinski definition) is 6. The monoisotopic (exact) mass is 233 g/mol. The molecule has 0 atom stereocenters. The third kappa shape index (κ3) is 2.77. The highest BCUT2D eigenvalue weighted by atomic mass is 16.5. The molecule has 0 unspecified atom stereocenters. The number of rotatable bonds is 4. The van der Waals surface area contributed by atoms with Crippen molar-refractivity contribution in [3.8, 4) is 0 Å². The summed E-state index contributed by atoms with van der Waals surface area (Å²) >= 11 is 0. The summed E-state index contributed by atoms with van der Waals surface area (Å²) < 4.78 is 4.59. The third-order valence-corrected chi connectivity index (χ3v) is 1.92. The number of anilines is 2. The maximum absolute atomic E-state index is 11.7. The number of aromatic nitrogens is 3. The molecule has 2 aromatic heterocycles. The Morgan fingerprint density at radius 1 is 1.35 bits per heavy atom. The highest BCUT2D eigenvalue weighted by molar-refractivity contribution is 6.02. The molecule has 2 N–H and O–H groups in total. The van der Waals surface area contributed by atoms with Crippen molar-refractivity contribution in [2.45, 2.75) is 6.92 Å². The summed E-state index contributed by atoms with van der Waals surface area (Å²) in [6.45, 7) is 2.70. The quantitative estimate of drug-likeness (QED) is 0.822. The van der Waals surface area contributed by atoms with Crippen LogP contribution >= 0.6 is 0 Å². The van der Waals surface area contributed by atoms with E-state index in [2.05, 4.69) is 30.3 Å². The van der Waals surface area contributed by atoms with E-state index in [0.717, 1.165) is 6.54 Å². The number of amides is 1. The summed E-state index contributed by atoms with van der Waals surface area (Å²) in [5, 5.41) is 9.07. The van der Waals surface area contributed by atoms with Gasteiger partial charge in [0.2, 0.25) is 0 Å². The van der Waals surface area contributed by atoms with E-state index in [1.54, 1.807) is 6.07 Å². The Kier molecular flexibility index (Phi) is 3.29. The number of nitrogens with one attached hydrogen (secondary N) is 2. The predicted molar refractivity (Wildman–Crippen MR) is 60.7 cm³/mol. The maximum atomic E-state index is 11.7. The molecule has 0 aromatic carbocycles. The lowest BCUT2D eigenvalue weighted by atomic mass is 10.4. The molecule has 7 heteroatoms. The number of nitrogens with zero attached hydrogens (tertiary/aromatic N) is 3. The van der Waals surface area contributed by atoms with Crippen molar-refractivity contribution in [1.82, 2.24) is 15.1 Å². The largest absolute Gasteiger partial charge is 0.369 e. The minimum Gasteiger partial charge on any atom is -0.369 e. The molecule has 0 aliphatic rings. The zero-order chi connectivity index (χ0) is 12.1. The zero-order valence-electron chi connectivity index (χ0n) is 9.17. The first-order valence-electron chi connectivity index (χ1n) is 5.07. The van der Waals surface area contributed by atoms with Crippen LogP contribution in [0.1, 0.15) is 17.4 Å². The number of carbonyl (C=O) groups excluding carboxylic acids is 1. The maximum Gasteiger partial charge on any atom is 0.277 e. The van der Waals surface area contributed by atoms with Gasteiger partial charge in [-0.2, -0.15) is 0 Å². The molecule has 7 nitrogen and oxygen atoms in total. The fourth-order valence-corrected chi connectivity index (χ4v) is 1.18. The first-order valence-corrected chi connectivity index (χ1v) is 5.07. The zero-order valence-corrected chi connectivity index (χ0v) is 9.17. The summed E-state index contributed by atoms with van der Waals surface area (Å²) in [4.78, 5) is 19.7. The van der Waals surface area contributed by atoms with Crippen LogP contribution in [0.3, 0.4) is 0 Å². The van der Waals surface area contributed by atoms with Gasteiger partial charge in [0.1, 0.15) is 17.8 Å². The van der Waals surface area contributed by atoms with Crippen molar-refractivity contribution in [2.24, 2.45) is 0 Å². The van der Waals surface area contributed by atoms with Crippen molar-refractivity contribution in [1.29, 1.82) is 0 Å². The lowest BCUT2D eigenvalue weighted by molar-refractivity contribution is 0.102. The fourth-order valence-electron chi connectivity index (χ4n) is 1.18. The molecule has 0 radical (unpaired) electrons. The van der Waals surface area contributed by atoms with Gasteiger partial charge in [-0.1, -0.05) is 5.16 Å². The Hall–Kier alpha value is -2.44. The highest BCUT2D eigenvalue weighted by Crippen LogP contribution is 2.05. The molecule has 0 fully saturated rings. The molecule has 1 amide bonds. The van der Waals surface area contributed by atoms with Crippen LogP contribution in [0.5, 0.6) is 0 Å². The van der Waals surface area contributed by atoms with E-state index in [1.807, 2.05) is 6.92 Å². The Balaban J connectivity index is 2.04. The third-order valence-electron chi connectivity index (χ3n) is 1.92. The van der Waals surface area contributed by atoms with Crippen LogP contribution in [0.15, 0.2) is 29.2 Å². The molecule has 88 valence electrons. The second kappa shape index (κ2) is 5.06. The van der Waals surface area contributed by atoms with Crippen LogP contribution in [0, 0.1) is 0 Å². The van der Waals surface area contributed by atoms with Gasteiger partial charge in [-0.15, -0.1) is 0 Å². The van der Waals surface area contributed by atoms with Gasteiger partial charge in [0.05, 0.1) is 12.4 Å². The molecule has 0 saturated heterocycles. The van der Waals surface area contributed by atoms with Gasteiger partial charge in [0.25, 0.3) is 5.91 Å². The van der Waals surface area contributed by atoms with Crippen LogP contribution in [-0.2, 0) is 0 Å². The number of carbonyl (C=O) groups is 1. The van der Waals surface area contributed by atoms with Gasteiger partial charge in [-0.05, 0) is 6.92 Å². The van der Waals surface area contributed by atoms with Crippen molar-refractivity contribution < 1.29 is 9.32 Å². The molecule has 17 heavy (non-hydrogen) atoms. The second-order valence-electron chi connectivity index (χ2n) is 3.16. The van der Waals surface area contributed by atoms with Gasteiger partial charge in [-0.3, -0.25) is 4.79 Å². The standard InChI is InChI=1S/C10H11N5O2/c1-2-11-9-6-12-7(5-13-9)10(16)14-8-3-4-17-15-8/h3-6H,2H2,1H3,(H,11,13)(H,14,15,16). The first-order chi connectivity index (χ1) is 8.29.